The molecule has 0 aliphatic rings. The first kappa shape index (κ1) is 13.9. The van der Waals surface area contributed by atoms with Crippen molar-refractivity contribution in [3.63, 3.8) is 0 Å². The standard InChI is InChI=1S/C16H18ClNO/c1-11-5-3-4-6-16(11)19-14-8-7-13(9-12(2)18)15(17)10-14/h3-8,10,12H,9,18H2,1-2H3. The number of nitrogens with two attached hydrogens (primary N) is 1. The summed E-state index contributed by atoms with van der Waals surface area (Å²) in [5.41, 5.74) is 7.93. The molecule has 0 aromatic heterocycles. The lowest BCUT2D eigenvalue weighted by Gasteiger charge is -2.11. The molecule has 2 N–H and O–H groups in total. The zero-order chi connectivity index (χ0) is 13.8. The molecule has 0 saturated heterocycles. The van der Waals surface area contributed by atoms with Crippen molar-refractivity contribution in [3.05, 3.63) is 58.6 Å². The maximum atomic E-state index is 6.24. The third kappa shape index (κ3) is 3.72. The van der Waals surface area contributed by atoms with Crippen LogP contribution in [0.4, 0.5) is 0 Å². The summed E-state index contributed by atoms with van der Waals surface area (Å²) >= 11 is 6.24. The predicted octanol–water partition coefficient (Wildman–Crippen LogP) is 4.33. The van der Waals surface area contributed by atoms with Crippen molar-refractivity contribution in [2.45, 2.75) is 26.3 Å². The summed E-state index contributed by atoms with van der Waals surface area (Å²) in [5.74, 6) is 1.59. The molecule has 0 aliphatic heterocycles. The van der Waals surface area contributed by atoms with Gasteiger partial charge in [0.15, 0.2) is 0 Å². The fourth-order valence-electron chi connectivity index (χ4n) is 1.90. The van der Waals surface area contributed by atoms with Gasteiger partial charge in [0.05, 0.1) is 0 Å². The number of hydrogen-bond acceptors (Lipinski definition) is 2. The molecular weight excluding hydrogens is 258 g/mol. The molecule has 0 radical (unpaired) electrons. The number of aryl methyl sites for hydroxylation is 1. The number of para-hydroxylation sites is 1. The second-order valence-electron chi connectivity index (χ2n) is 4.80. The highest BCUT2D eigenvalue weighted by atomic mass is 35.5. The van der Waals surface area contributed by atoms with Crippen LogP contribution in [-0.4, -0.2) is 6.04 Å². The molecule has 2 nitrogen and oxygen atoms in total. The van der Waals surface area contributed by atoms with Crippen LogP contribution >= 0.6 is 11.6 Å². The largest absolute Gasteiger partial charge is 0.457 e. The van der Waals surface area contributed by atoms with Gasteiger partial charge < -0.3 is 10.5 Å². The van der Waals surface area contributed by atoms with E-state index in [9.17, 15) is 0 Å². The topological polar surface area (TPSA) is 35.2 Å². The van der Waals surface area contributed by atoms with Crippen LogP contribution in [-0.2, 0) is 6.42 Å². The number of halogens is 1. The van der Waals surface area contributed by atoms with E-state index in [2.05, 4.69) is 0 Å². The fourth-order valence-corrected chi connectivity index (χ4v) is 2.15. The Bertz CT molecular complexity index is 566. The Morgan fingerprint density at radius 3 is 2.58 bits per heavy atom. The van der Waals surface area contributed by atoms with Crippen molar-refractivity contribution in [1.29, 1.82) is 0 Å². The summed E-state index contributed by atoms with van der Waals surface area (Å²) in [6, 6.07) is 13.7. The first-order chi connectivity index (χ1) is 9.06. The van der Waals surface area contributed by atoms with Crippen molar-refractivity contribution in [1.82, 2.24) is 0 Å². The monoisotopic (exact) mass is 275 g/mol. The molecular formula is C16H18ClNO. The summed E-state index contributed by atoms with van der Waals surface area (Å²) in [6.07, 6.45) is 0.767. The Kier molecular flexibility index (Phi) is 4.46. The molecule has 2 aromatic carbocycles. The van der Waals surface area contributed by atoms with Gasteiger partial charge in [-0.25, -0.2) is 0 Å². The van der Waals surface area contributed by atoms with Crippen molar-refractivity contribution < 1.29 is 4.74 Å². The molecule has 1 unspecified atom stereocenters. The Balaban J connectivity index is 2.19. The minimum absolute atomic E-state index is 0.0978. The van der Waals surface area contributed by atoms with Gasteiger partial charge in [-0.05, 0) is 49.6 Å². The van der Waals surface area contributed by atoms with Crippen molar-refractivity contribution in [3.8, 4) is 11.5 Å². The average molecular weight is 276 g/mol. The van der Waals surface area contributed by atoms with Gasteiger partial charge >= 0.3 is 0 Å². The highest BCUT2D eigenvalue weighted by molar-refractivity contribution is 6.31. The minimum Gasteiger partial charge on any atom is -0.457 e. The molecule has 19 heavy (non-hydrogen) atoms. The lowest BCUT2D eigenvalue weighted by Crippen LogP contribution is -2.17. The van der Waals surface area contributed by atoms with Gasteiger partial charge in [0.1, 0.15) is 11.5 Å². The number of ether oxygens (including phenoxy) is 1. The SMILES string of the molecule is Cc1ccccc1Oc1ccc(CC(C)N)c(Cl)c1. The van der Waals surface area contributed by atoms with Gasteiger partial charge in [0.2, 0.25) is 0 Å². The zero-order valence-corrected chi connectivity index (χ0v) is 11.9. The van der Waals surface area contributed by atoms with Crippen molar-refractivity contribution in [2.75, 3.05) is 0 Å². The fraction of sp³-hybridized carbons (Fsp3) is 0.250. The third-order valence-corrected chi connectivity index (χ3v) is 3.24. The van der Waals surface area contributed by atoms with Gasteiger partial charge in [-0.1, -0.05) is 35.9 Å². The van der Waals surface area contributed by atoms with Gasteiger partial charge in [-0.3, -0.25) is 0 Å². The van der Waals surface area contributed by atoms with E-state index < -0.39 is 0 Å². The summed E-state index contributed by atoms with van der Waals surface area (Å²) in [5, 5.41) is 0.698. The summed E-state index contributed by atoms with van der Waals surface area (Å²) < 4.78 is 5.83. The lowest BCUT2D eigenvalue weighted by atomic mass is 10.1. The quantitative estimate of drug-likeness (QED) is 0.901. The molecule has 3 heteroatoms. The maximum absolute atomic E-state index is 6.24. The Morgan fingerprint density at radius 1 is 1.21 bits per heavy atom. The summed E-state index contributed by atoms with van der Waals surface area (Å²) in [6.45, 7) is 3.98. The van der Waals surface area contributed by atoms with Crippen LogP contribution in [0.25, 0.3) is 0 Å². The molecule has 100 valence electrons. The van der Waals surface area contributed by atoms with E-state index >= 15 is 0 Å². The molecule has 0 bridgehead atoms. The van der Waals surface area contributed by atoms with E-state index in [1.165, 1.54) is 0 Å². The van der Waals surface area contributed by atoms with Crippen LogP contribution in [0.5, 0.6) is 11.5 Å². The van der Waals surface area contributed by atoms with Crippen molar-refractivity contribution in [2.24, 2.45) is 5.73 Å². The Labute approximate surface area is 119 Å². The van der Waals surface area contributed by atoms with Gasteiger partial charge in [0.25, 0.3) is 0 Å². The van der Waals surface area contributed by atoms with E-state index in [0.717, 1.165) is 29.0 Å². The number of hydrogen-bond donors (Lipinski definition) is 1. The summed E-state index contributed by atoms with van der Waals surface area (Å²) in [4.78, 5) is 0. The van der Waals surface area contributed by atoms with Crippen LogP contribution in [0.3, 0.4) is 0 Å². The highest BCUT2D eigenvalue weighted by Gasteiger charge is 2.06. The summed E-state index contributed by atoms with van der Waals surface area (Å²) in [7, 11) is 0. The van der Waals surface area contributed by atoms with Crippen LogP contribution < -0.4 is 10.5 Å². The van der Waals surface area contributed by atoms with Crippen LogP contribution in [0.2, 0.25) is 5.02 Å². The molecule has 1 atom stereocenters. The molecule has 2 rings (SSSR count). The smallest absolute Gasteiger partial charge is 0.130 e. The van der Waals surface area contributed by atoms with Crippen molar-refractivity contribution >= 4 is 11.6 Å². The minimum atomic E-state index is 0.0978. The molecule has 0 aliphatic carbocycles. The number of benzene rings is 2. The first-order valence-corrected chi connectivity index (χ1v) is 6.71. The van der Waals surface area contributed by atoms with Crippen LogP contribution in [0.15, 0.2) is 42.5 Å². The molecule has 0 heterocycles. The average Bonchev–Trinajstić information content (AvgIpc) is 2.35. The third-order valence-electron chi connectivity index (χ3n) is 2.89. The predicted molar refractivity (Wildman–Crippen MR) is 80.1 cm³/mol. The number of rotatable bonds is 4. The second kappa shape index (κ2) is 6.09. The van der Waals surface area contributed by atoms with Gasteiger partial charge in [-0.15, -0.1) is 0 Å². The molecule has 0 amide bonds. The van der Waals surface area contributed by atoms with Gasteiger partial charge in [0, 0.05) is 11.1 Å². The molecule has 0 fully saturated rings. The Hall–Kier alpha value is -1.51. The Morgan fingerprint density at radius 2 is 1.95 bits per heavy atom. The maximum Gasteiger partial charge on any atom is 0.130 e. The van der Waals surface area contributed by atoms with E-state index in [4.69, 9.17) is 22.1 Å². The first-order valence-electron chi connectivity index (χ1n) is 6.34. The van der Waals surface area contributed by atoms with E-state index in [1.807, 2.05) is 56.3 Å². The van der Waals surface area contributed by atoms with Crippen LogP contribution in [0.1, 0.15) is 18.1 Å². The van der Waals surface area contributed by atoms with E-state index in [1.54, 1.807) is 0 Å². The normalized spacial score (nSPS) is 12.2. The molecule has 0 spiro atoms. The lowest BCUT2D eigenvalue weighted by molar-refractivity contribution is 0.478. The molecule has 2 aromatic rings. The van der Waals surface area contributed by atoms with E-state index in [0.29, 0.717) is 5.02 Å². The highest BCUT2D eigenvalue weighted by Crippen LogP contribution is 2.28. The van der Waals surface area contributed by atoms with Crippen LogP contribution in [0, 0.1) is 6.92 Å². The second-order valence-corrected chi connectivity index (χ2v) is 5.21. The van der Waals surface area contributed by atoms with Gasteiger partial charge in [-0.2, -0.15) is 0 Å². The van der Waals surface area contributed by atoms with E-state index in [-0.39, 0.29) is 6.04 Å². The zero-order valence-electron chi connectivity index (χ0n) is 11.2. The molecule has 0 saturated carbocycles.